The second kappa shape index (κ2) is 9.58. The van der Waals surface area contributed by atoms with E-state index >= 15 is 0 Å². The van der Waals surface area contributed by atoms with Crippen LogP contribution in [0.3, 0.4) is 0 Å². The number of rotatable bonds is 1. The predicted molar refractivity (Wildman–Crippen MR) is 84.4 cm³/mol. The van der Waals surface area contributed by atoms with Crippen LogP contribution in [0.25, 0.3) is 0 Å². The first-order chi connectivity index (χ1) is 7.95. The molecule has 1 aromatic carbocycles. The van der Waals surface area contributed by atoms with Crippen LogP contribution in [-0.4, -0.2) is 6.26 Å². The van der Waals surface area contributed by atoms with Crippen LogP contribution in [-0.2, 0) is 5.41 Å². The largest absolute Gasteiger partial charge is 0.129 e. The fourth-order valence-electron chi connectivity index (χ4n) is 1.34. The summed E-state index contributed by atoms with van der Waals surface area (Å²) in [6, 6.07) is 6.76. The fraction of sp³-hybridized carbons (Fsp3) is 0.625. The van der Waals surface area contributed by atoms with Crippen molar-refractivity contribution in [3.63, 3.8) is 0 Å². The molecule has 0 aromatic heterocycles. The number of thioether (sulfide) groups is 1. The van der Waals surface area contributed by atoms with E-state index in [2.05, 4.69) is 52.1 Å². The molecule has 100 valence electrons. The van der Waals surface area contributed by atoms with Gasteiger partial charge >= 0.3 is 0 Å². The van der Waals surface area contributed by atoms with Gasteiger partial charge in [-0.05, 0) is 35.8 Å². The minimum atomic E-state index is 0.266. The van der Waals surface area contributed by atoms with E-state index < -0.39 is 0 Å². The first-order valence-corrected chi connectivity index (χ1v) is 7.83. The van der Waals surface area contributed by atoms with Crippen molar-refractivity contribution < 1.29 is 0 Å². The number of aryl methyl sites for hydroxylation is 1. The van der Waals surface area contributed by atoms with Gasteiger partial charge in [-0.2, -0.15) is 0 Å². The van der Waals surface area contributed by atoms with E-state index in [1.807, 2.05) is 39.5 Å². The SMILES string of the molecule is CC.CC.CSc1ccc(C(C)(C)C)cc1C. The summed E-state index contributed by atoms with van der Waals surface area (Å²) in [4.78, 5) is 1.38. The van der Waals surface area contributed by atoms with Crippen molar-refractivity contribution in [1.29, 1.82) is 0 Å². The van der Waals surface area contributed by atoms with E-state index in [0.29, 0.717) is 0 Å². The first-order valence-electron chi connectivity index (χ1n) is 6.60. The number of hydrogen-bond donors (Lipinski definition) is 0. The van der Waals surface area contributed by atoms with Crippen molar-refractivity contribution >= 4 is 11.8 Å². The maximum absolute atomic E-state index is 2.30. The smallest absolute Gasteiger partial charge is 0.00985 e. The highest BCUT2D eigenvalue weighted by Gasteiger charge is 2.13. The van der Waals surface area contributed by atoms with Crippen molar-refractivity contribution in [2.24, 2.45) is 0 Å². The van der Waals surface area contributed by atoms with Gasteiger partial charge < -0.3 is 0 Å². The minimum Gasteiger partial charge on any atom is -0.129 e. The summed E-state index contributed by atoms with van der Waals surface area (Å²) in [5.41, 5.74) is 3.07. The Bertz CT molecular complexity index is 295. The molecule has 0 amide bonds. The molecule has 0 N–H and O–H groups in total. The van der Waals surface area contributed by atoms with Crippen LogP contribution in [0.15, 0.2) is 23.1 Å². The molecular weight excluding hydrogens is 224 g/mol. The van der Waals surface area contributed by atoms with Gasteiger partial charge in [-0.25, -0.2) is 0 Å². The van der Waals surface area contributed by atoms with E-state index in [-0.39, 0.29) is 5.41 Å². The molecule has 0 spiro atoms. The van der Waals surface area contributed by atoms with Crippen molar-refractivity contribution in [3.05, 3.63) is 29.3 Å². The van der Waals surface area contributed by atoms with Crippen LogP contribution in [0.2, 0.25) is 0 Å². The van der Waals surface area contributed by atoms with Crippen LogP contribution in [0.5, 0.6) is 0 Å². The van der Waals surface area contributed by atoms with Gasteiger partial charge in [0.15, 0.2) is 0 Å². The maximum atomic E-state index is 2.30. The van der Waals surface area contributed by atoms with Gasteiger partial charge in [0.2, 0.25) is 0 Å². The molecule has 1 heteroatoms. The Morgan fingerprint density at radius 3 is 1.71 bits per heavy atom. The molecule has 0 aliphatic carbocycles. The minimum absolute atomic E-state index is 0.266. The third-order valence-corrected chi connectivity index (χ3v) is 3.16. The average Bonchev–Trinajstić information content (AvgIpc) is 2.33. The summed E-state index contributed by atoms with van der Waals surface area (Å²) in [6.45, 7) is 16.9. The molecule has 0 radical (unpaired) electrons. The third kappa shape index (κ3) is 6.78. The van der Waals surface area contributed by atoms with Crippen LogP contribution in [0, 0.1) is 6.92 Å². The van der Waals surface area contributed by atoms with Gasteiger partial charge in [0.05, 0.1) is 0 Å². The lowest BCUT2D eigenvalue weighted by atomic mass is 9.86. The standard InChI is InChI=1S/C12H18S.2C2H6/c1-9-8-10(12(2,3)4)6-7-11(9)13-5;2*1-2/h6-8H,1-5H3;2*1-2H3. The molecule has 0 heterocycles. The van der Waals surface area contributed by atoms with E-state index in [0.717, 1.165) is 0 Å². The molecule has 0 aliphatic rings. The van der Waals surface area contributed by atoms with Crippen LogP contribution < -0.4 is 0 Å². The summed E-state index contributed by atoms with van der Waals surface area (Å²) in [6.07, 6.45) is 2.12. The molecule has 0 nitrogen and oxygen atoms in total. The third-order valence-electron chi connectivity index (χ3n) is 2.26. The lowest BCUT2D eigenvalue weighted by molar-refractivity contribution is 0.589. The van der Waals surface area contributed by atoms with Gasteiger partial charge in [0.1, 0.15) is 0 Å². The van der Waals surface area contributed by atoms with E-state index in [1.165, 1.54) is 16.0 Å². The van der Waals surface area contributed by atoms with Crippen molar-refractivity contribution in [2.45, 2.75) is 65.7 Å². The zero-order chi connectivity index (χ0) is 14.1. The number of benzene rings is 1. The highest BCUT2D eigenvalue weighted by atomic mass is 32.2. The molecule has 1 aromatic rings. The van der Waals surface area contributed by atoms with Crippen molar-refractivity contribution in [2.75, 3.05) is 6.26 Å². The second-order valence-corrected chi connectivity index (χ2v) is 5.28. The predicted octanol–water partition coefficient (Wildman–Crippen LogP) is 6.07. The second-order valence-electron chi connectivity index (χ2n) is 4.43. The monoisotopic (exact) mass is 254 g/mol. The molecule has 1 rings (SSSR count). The summed E-state index contributed by atoms with van der Waals surface area (Å²) in [5.74, 6) is 0. The Balaban J connectivity index is 0. The van der Waals surface area contributed by atoms with Crippen molar-refractivity contribution in [1.82, 2.24) is 0 Å². The Morgan fingerprint density at radius 1 is 0.941 bits per heavy atom. The highest BCUT2D eigenvalue weighted by Crippen LogP contribution is 2.27. The van der Waals surface area contributed by atoms with Crippen LogP contribution in [0.1, 0.15) is 59.6 Å². The number of hydrogen-bond acceptors (Lipinski definition) is 1. The zero-order valence-corrected chi connectivity index (χ0v) is 14.0. The Morgan fingerprint density at radius 2 is 1.41 bits per heavy atom. The first kappa shape index (κ1) is 18.9. The summed E-state index contributed by atoms with van der Waals surface area (Å²) in [7, 11) is 0. The molecule has 17 heavy (non-hydrogen) atoms. The van der Waals surface area contributed by atoms with Crippen molar-refractivity contribution in [3.8, 4) is 0 Å². The molecular formula is C16H30S. The molecule has 0 bridgehead atoms. The highest BCUT2D eigenvalue weighted by molar-refractivity contribution is 7.98. The van der Waals surface area contributed by atoms with Gasteiger partial charge in [-0.3, -0.25) is 0 Å². The van der Waals surface area contributed by atoms with E-state index in [9.17, 15) is 0 Å². The van der Waals surface area contributed by atoms with Crippen LogP contribution in [0.4, 0.5) is 0 Å². The van der Waals surface area contributed by atoms with Crippen LogP contribution >= 0.6 is 11.8 Å². The quantitative estimate of drug-likeness (QED) is 0.548. The van der Waals surface area contributed by atoms with Gasteiger partial charge in [0.25, 0.3) is 0 Å². The summed E-state index contributed by atoms with van der Waals surface area (Å²) >= 11 is 1.81. The molecule has 0 unspecified atom stereocenters. The average molecular weight is 254 g/mol. The lowest BCUT2D eigenvalue weighted by Gasteiger charge is -2.20. The van der Waals surface area contributed by atoms with Gasteiger partial charge in [0, 0.05) is 4.90 Å². The van der Waals surface area contributed by atoms with Gasteiger partial charge in [-0.15, -0.1) is 11.8 Å². The molecule has 0 saturated heterocycles. The lowest BCUT2D eigenvalue weighted by Crippen LogP contribution is -2.11. The Labute approximate surface area is 113 Å². The molecule has 0 atom stereocenters. The summed E-state index contributed by atoms with van der Waals surface area (Å²) in [5, 5.41) is 0. The maximum Gasteiger partial charge on any atom is 0.00985 e. The molecule has 0 saturated carbocycles. The normalized spacial score (nSPS) is 9.71. The topological polar surface area (TPSA) is 0 Å². The Hall–Kier alpha value is -0.430. The van der Waals surface area contributed by atoms with E-state index in [4.69, 9.17) is 0 Å². The zero-order valence-electron chi connectivity index (χ0n) is 13.1. The molecule has 0 aliphatic heterocycles. The fourth-order valence-corrected chi connectivity index (χ4v) is 1.93. The summed E-state index contributed by atoms with van der Waals surface area (Å²) < 4.78 is 0. The Kier molecular flexibility index (Phi) is 10.7. The molecule has 0 fully saturated rings. The van der Waals surface area contributed by atoms with E-state index in [1.54, 1.807) is 0 Å². The van der Waals surface area contributed by atoms with Gasteiger partial charge in [-0.1, -0.05) is 60.6 Å².